The number of ether oxygens (including phenoxy) is 2. The van der Waals surface area contributed by atoms with Crippen LogP contribution in [0.25, 0.3) is 11.2 Å². The molecule has 19 nitrogen and oxygen atoms in total. The summed E-state index contributed by atoms with van der Waals surface area (Å²) in [6, 6.07) is 1.37. The van der Waals surface area contributed by atoms with E-state index in [0.29, 0.717) is 0 Å². The zero-order valence-electron chi connectivity index (χ0n) is 21.5. The van der Waals surface area contributed by atoms with Gasteiger partial charge in [0.05, 0.1) is 19.3 Å². The molecule has 0 aliphatic carbocycles. The fourth-order valence-corrected chi connectivity index (χ4v) is 5.91. The van der Waals surface area contributed by atoms with Crippen LogP contribution >= 0.6 is 7.82 Å². The topological polar surface area (TPSA) is 280 Å². The minimum absolute atomic E-state index is 0.00428. The van der Waals surface area contributed by atoms with Crippen molar-refractivity contribution in [3.63, 3.8) is 0 Å². The number of nitriles is 1. The van der Waals surface area contributed by atoms with Crippen LogP contribution in [0.5, 0.6) is 0 Å². The molecule has 5 rings (SSSR count). The Morgan fingerprint density at radius 1 is 1.24 bits per heavy atom. The van der Waals surface area contributed by atoms with Crippen molar-refractivity contribution in [2.24, 2.45) is 0 Å². The molecule has 220 valence electrons. The lowest BCUT2D eigenvalue weighted by atomic mass is 9.98. The van der Waals surface area contributed by atoms with Gasteiger partial charge in [-0.05, 0) is 6.07 Å². The standard InChI is InChI=1S/C20H27BN9O10P/c22-7-21-30-8-29(17-16(30)18(33)27-19(24)26-17)14-3-9(32)12(39-14)6-37-41(35,36)40-10-4-15(38-11(10)5-31)28-2-1-13(23)25-20(28)34/h1-2,8-12,14-15,31-32H,3-6,21H2,(H,35,36)(H2,23,25,34)(H3,24,26,27,33). The molecule has 3 aromatic rings. The van der Waals surface area contributed by atoms with Gasteiger partial charge >= 0.3 is 13.5 Å². The number of fused-ring (bicyclic) bond motifs is 1. The zero-order valence-corrected chi connectivity index (χ0v) is 22.4. The van der Waals surface area contributed by atoms with Gasteiger partial charge < -0.3 is 40.5 Å². The van der Waals surface area contributed by atoms with Crippen LogP contribution in [0.2, 0.25) is 0 Å². The number of nitrogen functional groups attached to an aromatic ring is 2. The van der Waals surface area contributed by atoms with Crippen molar-refractivity contribution in [3.05, 3.63) is 39.4 Å². The number of aromatic amines is 1. The van der Waals surface area contributed by atoms with Gasteiger partial charge in [-0.3, -0.25) is 23.4 Å². The van der Waals surface area contributed by atoms with E-state index in [9.17, 15) is 34.5 Å². The number of rotatable bonds is 9. The first-order valence-electron chi connectivity index (χ1n) is 12.5. The molecule has 2 aliphatic heterocycles. The third kappa shape index (κ3) is 5.88. The first-order chi connectivity index (χ1) is 19.5. The minimum Gasteiger partial charge on any atom is -0.414 e. The summed E-state index contributed by atoms with van der Waals surface area (Å²) >= 11 is 0. The van der Waals surface area contributed by atoms with Crippen molar-refractivity contribution in [1.29, 1.82) is 5.26 Å². The summed E-state index contributed by atoms with van der Waals surface area (Å²) < 4.78 is 38.6. The Morgan fingerprint density at radius 3 is 2.68 bits per heavy atom. The van der Waals surface area contributed by atoms with E-state index in [1.54, 1.807) is 0 Å². The number of aliphatic hydroxyl groups excluding tert-OH is 2. The highest BCUT2D eigenvalue weighted by atomic mass is 31.2. The lowest BCUT2D eigenvalue weighted by Crippen LogP contribution is -2.41. The molecule has 5 heterocycles. The Bertz CT molecular complexity index is 1660. The Kier molecular flexibility index (Phi) is 7.96. The Labute approximate surface area is 230 Å². The maximum Gasteiger partial charge on any atom is 0.472 e. The van der Waals surface area contributed by atoms with Crippen molar-refractivity contribution in [2.45, 2.75) is 49.7 Å². The fraction of sp³-hybridized carbons (Fsp3) is 0.500. The third-order valence-electron chi connectivity index (χ3n) is 6.84. The molecule has 0 aromatic carbocycles. The van der Waals surface area contributed by atoms with Crippen LogP contribution < -0.4 is 27.2 Å². The van der Waals surface area contributed by atoms with Crippen molar-refractivity contribution in [3.8, 4) is 5.97 Å². The average molecular weight is 595 g/mol. The first-order valence-corrected chi connectivity index (χ1v) is 14.0. The number of H-pyrrole nitrogens is 1. The molecule has 7 atom stereocenters. The molecule has 0 spiro atoms. The molecule has 2 saturated heterocycles. The van der Waals surface area contributed by atoms with Gasteiger partial charge in [0.2, 0.25) is 24.0 Å². The molecule has 8 N–H and O–H groups in total. The molecule has 21 heteroatoms. The molecule has 0 bridgehead atoms. The van der Waals surface area contributed by atoms with Crippen molar-refractivity contribution in [2.75, 3.05) is 24.7 Å². The molecule has 0 amide bonds. The quantitative estimate of drug-likeness (QED) is 0.102. The van der Waals surface area contributed by atoms with E-state index in [2.05, 4.69) is 20.9 Å². The lowest BCUT2D eigenvalue weighted by Gasteiger charge is -2.21. The predicted octanol–water partition coefficient (Wildman–Crippen LogP) is -3.72. The SMILES string of the molecule is N#C[BH2-][n+]1cn(C2CC(O)C(COP(=O)(O)OC3CC(n4ccc(N)nc4=O)OC3CO)O2)c2nc(N)[nH]c(=O)c21. The second-order valence-electron chi connectivity index (χ2n) is 9.63. The van der Waals surface area contributed by atoms with Crippen LogP contribution in [0.4, 0.5) is 11.8 Å². The molecule has 7 unspecified atom stereocenters. The van der Waals surface area contributed by atoms with E-state index in [1.165, 1.54) is 27.6 Å². The van der Waals surface area contributed by atoms with E-state index in [-0.39, 0.29) is 35.8 Å². The van der Waals surface area contributed by atoms with E-state index in [4.69, 9.17) is 30.0 Å². The van der Waals surface area contributed by atoms with Gasteiger partial charge in [0.15, 0.2) is 0 Å². The lowest BCUT2D eigenvalue weighted by molar-refractivity contribution is -0.499. The summed E-state index contributed by atoms with van der Waals surface area (Å²) in [7, 11) is -6.19. The number of aromatic nitrogens is 6. The number of anilines is 2. The summed E-state index contributed by atoms with van der Waals surface area (Å²) in [5.74, 6) is 1.91. The van der Waals surface area contributed by atoms with Crippen LogP contribution in [-0.2, 0) is 23.1 Å². The first kappa shape index (κ1) is 28.8. The van der Waals surface area contributed by atoms with Gasteiger partial charge in [-0.25, -0.2) is 14.6 Å². The van der Waals surface area contributed by atoms with Gasteiger partial charge in [0, 0.05) is 19.0 Å². The maximum atomic E-state index is 12.8. The van der Waals surface area contributed by atoms with Crippen molar-refractivity contribution < 1.29 is 42.7 Å². The van der Waals surface area contributed by atoms with E-state index in [0.717, 1.165) is 4.57 Å². The third-order valence-corrected chi connectivity index (χ3v) is 7.85. The normalized spacial score (nSPS) is 27.7. The Morgan fingerprint density at radius 2 is 1.98 bits per heavy atom. The zero-order chi connectivity index (χ0) is 29.5. The number of imidazole rings is 1. The van der Waals surface area contributed by atoms with Crippen LogP contribution in [0.3, 0.4) is 0 Å². The number of aliphatic hydroxyl groups is 2. The number of hydrogen-bond acceptors (Lipinski definition) is 14. The monoisotopic (exact) mass is 595 g/mol. The predicted molar refractivity (Wildman–Crippen MR) is 138 cm³/mol. The Hall–Kier alpha value is -3.67. The number of phosphoric acid groups is 1. The molecular weight excluding hydrogens is 568 g/mol. The van der Waals surface area contributed by atoms with Crippen molar-refractivity contribution >= 4 is 38.2 Å². The van der Waals surface area contributed by atoms with Crippen LogP contribution in [-0.4, -0.2) is 84.2 Å². The summed E-state index contributed by atoms with van der Waals surface area (Å²) in [5.41, 5.74) is 10.2. The summed E-state index contributed by atoms with van der Waals surface area (Å²) in [4.78, 5) is 45.1. The minimum atomic E-state index is -4.78. The second-order valence-corrected chi connectivity index (χ2v) is 11.0. The smallest absolute Gasteiger partial charge is 0.414 e. The van der Waals surface area contributed by atoms with Crippen LogP contribution in [0.1, 0.15) is 25.3 Å². The summed E-state index contributed by atoms with van der Waals surface area (Å²) in [6.07, 6.45) is -3.49. The summed E-state index contributed by atoms with van der Waals surface area (Å²) in [6.45, 7) is -1.14. The van der Waals surface area contributed by atoms with Gasteiger partial charge in [-0.1, -0.05) is 0 Å². The number of nitrogens with zero attached hydrogens (tertiary/aromatic N) is 6. The van der Waals surface area contributed by atoms with E-state index >= 15 is 0 Å². The number of hydrogen-bond donors (Lipinski definition) is 6. The fourth-order valence-electron chi connectivity index (χ4n) is 4.95. The van der Waals surface area contributed by atoms with Crippen LogP contribution in [0.15, 0.2) is 28.2 Å². The maximum absolute atomic E-state index is 12.8. The van der Waals surface area contributed by atoms with E-state index in [1.807, 2.05) is 0 Å². The van der Waals surface area contributed by atoms with Crippen molar-refractivity contribution in [1.82, 2.24) is 24.1 Å². The van der Waals surface area contributed by atoms with Gasteiger partial charge in [0.1, 0.15) is 30.4 Å². The molecule has 0 saturated carbocycles. The number of phosphoric ester groups is 1. The Balaban J connectivity index is 1.25. The average Bonchev–Trinajstić information content (AvgIpc) is 3.57. The highest BCUT2D eigenvalue weighted by Crippen LogP contribution is 2.49. The highest BCUT2D eigenvalue weighted by molar-refractivity contribution is 7.47. The largest absolute Gasteiger partial charge is 0.472 e. The second kappa shape index (κ2) is 11.3. The van der Waals surface area contributed by atoms with Crippen LogP contribution in [0, 0.1) is 11.2 Å². The highest BCUT2D eigenvalue weighted by Gasteiger charge is 2.44. The molecule has 41 heavy (non-hydrogen) atoms. The number of nitrogens with one attached hydrogen (secondary N) is 1. The van der Waals surface area contributed by atoms with Gasteiger partial charge in [-0.2, -0.15) is 14.5 Å². The van der Waals surface area contributed by atoms with Gasteiger partial charge in [-0.15, -0.1) is 5.97 Å². The molecule has 2 fully saturated rings. The van der Waals surface area contributed by atoms with Gasteiger partial charge in [0.25, 0.3) is 18.6 Å². The molecule has 0 radical (unpaired) electrons. The molecule has 3 aromatic heterocycles. The molecule has 2 aliphatic rings. The molecular formula is C20H27BN9O10P. The summed E-state index contributed by atoms with van der Waals surface area (Å²) in [5, 5.41) is 29.5. The number of nitrogens with two attached hydrogens (primary N) is 2. The van der Waals surface area contributed by atoms with E-state index < -0.39 is 76.6 Å².